The summed E-state index contributed by atoms with van der Waals surface area (Å²) >= 11 is 9.21. The summed E-state index contributed by atoms with van der Waals surface area (Å²) in [6.45, 7) is 0. The van der Waals surface area contributed by atoms with E-state index in [9.17, 15) is 4.79 Å². The van der Waals surface area contributed by atoms with Crippen molar-refractivity contribution < 1.29 is 4.79 Å². The monoisotopic (exact) mass is 324 g/mol. The standard InChI is InChI=1S/C13H10BrClN2O/c14-10-5-3-9(4-6-10)8-12(18)17-11-2-1-7-16-13(11)15/h1-7H,8H2,(H,17,18). The molecule has 2 aromatic rings. The van der Waals surface area contributed by atoms with Crippen molar-refractivity contribution in [2.75, 3.05) is 5.32 Å². The second kappa shape index (κ2) is 5.98. The van der Waals surface area contributed by atoms with E-state index in [1.165, 1.54) is 0 Å². The highest BCUT2D eigenvalue weighted by Crippen LogP contribution is 2.18. The molecule has 0 aliphatic rings. The van der Waals surface area contributed by atoms with Crippen LogP contribution in [0, 0.1) is 0 Å². The van der Waals surface area contributed by atoms with Crippen LogP contribution in [-0.4, -0.2) is 10.9 Å². The Kier molecular flexibility index (Phi) is 4.33. The van der Waals surface area contributed by atoms with Crippen LogP contribution in [0.1, 0.15) is 5.56 Å². The molecule has 92 valence electrons. The third-order valence-electron chi connectivity index (χ3n) is 2.31. The molecule has 0 atom stereocenters. The number of nitrogens with one attached hydrogen (secondary N) is 1. The normalized spacial score (nSPS) is 10.1. The summed E-state index contributed by atoms with van der Waals surface area (Å²) in [6, 6.07) is 11.0. The third kappa shape index (κ3) is 3.55. The quantitative estimate of drug-likeness (QED) is 0.875. The highest BCUT2D eigenvalue weighted by atomic mass is 79.9. The molecule has 0 radical (unpaired) electrons. The van der Waals surface area contributed by atoms with Crippen LogP contribution < -0.4 is 5.32 Å². The number of carbonyl (C=O) groups excluding carboxylic acids is 1. The average Bonchev–Trinajstić information content (AvgIpc) is 2.35. The Morgan fingerprint density at radius 3 is 2.67 bits per heavy atom. The van der Waals surface area contributed by atoms with Crippen molar-refractivity contribution in [2.45, 2.75) is 6.42 Å². The zero-order chi connectivity index (χ0) is 13.0. The van der Waals surface area contributed by atoms with Gasteiger partial charge in [-0.15, -0.1) is 0 Å². The van der Waals surface area contributed by atoms with Gasteiger partial charge in [0.15, 0.2) is 5.15 Å². The Morgan fingerprint density at radius 2 is 2.00 bits per heavy atom. The molecule has 1 aromatic carbocycles. The van der Waals surface area contributed by atoms with E-state index in [0.717, 1.165) is 10.0 Å². The number of nitrogens with zero attached hydrogens (tertiary/aromatic N) is 1. The molecule has 0 saturated heterocycles. The van der Waals surface area contributed by atoms with Crippen LogP contribution in [0.3, 0.4) is 0 Å². The van der Waals surface area contributed by atoms with Crippen molar-refractivity contribution in [3.63, 3.8) is 0 Å². The molecule has 0 bridgehead atoms. The molecule has 1 N–H and O–H groups in total. The van der Waals surface area contributed by atoms with Crippen LogP contribution in [0.15, 0.2) is 47.1 Å². The smallest absolute Gasteiger partial charge is 0.228 e. The number of carbonyl (C=O) groups is 1. The topological polar surface area (TPSA) is 42.0 Å². The van der Waals surface area contributed by atoms with E-state index in [1.807, 2.05) is 24.3 Å². The molecule has 1 heterocycles. The molecular weight excluding hydrogens is 316 g/mol. The maximum Gasteiger partial charge on any atom is 0.228 e. The molecule has 0 unspecified atom stereocenters. The van der Waals surface area contributed by atoms with Crippen molar-refractivity contribution in [2.24, 2.45) is 0 Å². The molecule has 1 aromatic heterocycles. The van der Waals surface area contributed by atoms with Crippen molar-refractivity contribution in [1.82, 2.24) is 4.98 Å². The lowest BCUT2D eigenvalue weighted by Crippen LogP contribution is -2.14. The number of amides is 1. The molecule has 5 heteroatoms. The summed E-state index contributed by atoms with van der Waals surface area (Å²) in [4.78, 5) is 15.7. The molecular formula is C13H10BrClN2O. The SMILES string of the molecule is O=C(Cc1ccc(Br)cc1)Nc1cccnc1Cl. The number of halogens is 2. The zero-order valence-electron chi connectivity index (χ0n) is 9.36. The second-order valence-electron chi connectivity index (χ2n) is 3.69. The number of pyridine rings is 1. The van der Waals surface area contributed by atoms with E-state index in [-0.39, 0.29) is 5.91 Å². The van der Waals surface area contributed by atoms with Crippen LogP contribution >= 0.6 is 27.5 Å². The number of aromatic nitrogens is 1. The summed E-state index contributed by atoms with van der Waals surface area (Å²) in [6.07, 6.45) is 1.88. The van der Waals surface area contributed by atoms with Crippen LogP contribution in [0.4, 0.5) is 5.69 Å². The zero-order valence-corrected chi connectivity index (χ0v) is 11.7. The number of anilines is 1. The molecule has 2 rings (SSSR count). The molecule has 0 aliphatic heterocycles. The van der Waals surface area contributed by atoms with E-state index in [2.05, 4.69) is 26.2 Å². The summed E-state index contributed by atoms with van der Waals surface area (Å²) in [5.41, 5.74) is 1.47. The minimum absolute atomic E-state index is 0.118. The largest absolute Gasteiger partial charge is 0.323 e. The van der Waals surface area contributed by atoms with Gasteiger partial charge in [0.25, 0.3) is 0 Å². The summed E-state index contributed by atoms with van der Waals surface area (Å²) < 4.78 is 0.988. The average molecular weight is 326 g/mol. The molecule has 0 fully saturated rings. The van der Waals surface area contributed by atoms with Gasteiger partial charge in [-0.1, -0.05) is 39.7 Å². The van der Waals surface area contributed by atoms with Crippen LogP contribution in [0.25, 0.3) is 0 Å². The van der Waals surface area contributed by atoms with Gasteiger partial charge < -0.3 is 5.32 Å². The van der Waals surface area contributed by atoms with Crippen LogP contribution in [-0.2, 0) is 11.2 Å². The van der Waals surface area contributed by atoms with Crippen LogP contribution in [0.2, 0.25) is 5.15 Å². The highest BCUT2D eigenvalue weighted by molar-refractivity contribution is 9.10. The van der Waals surface area contributed by atoms with E-state index < -0.39 is 0 Å². The van der Waals surface area contributed by atoms with Crippen LogP contribution in [0.5, 0.6) is 0 Å². The Labute approximate surface area is 118 Å². The predicted molar refractivity (Wildman–Crippen MR) is 75.7 cm³/mol. The fourth-order valence-electron chi connectivity index (χ4n) is 1.46. The van der Waals surface area contributed by atoms with Gasteiger partial charge in [0.05, 0.1) is 12.1 Å². The lowest BCUT2D eigenvalue weighted by atomic mass is 10.1. The van der Waals surface area contributed by atoms with Gasteiger partial charge in [0.2, 0.25) is 5.91 Å². The van der Waals surface area contributed by atoms with Gasteiger partial charge in [-0.2, -0.15) is 0 Å². The number of benzene rings is 1. The Hall–Kier alpha value is -1.39. The summed E-state index contributed by atoms with van der Waals surface area (Å²) in [5.74, 6) is -0.118. The molecule has 1 amide bonds. The van der Waals surface area contributed by atoms with Gasteiger partial charge in [0, 0.05) is 10.7 Å². The lowest BCUT2D eigenvalue weighted by Gasteiger charge is -2.06. The molecule has 18 heavy (non-hydrogen) atoms. The molecule has 0 aliphatic carbocycles. The van der Waals surface area contributed by atoms with Gasteiger partial charge in [-0.25, -0.2) is 4.98 Å². The molecule has 0 spiro atoms. The third-order valence-corrected chi connectivity index (χ3v) is 3.14. The predicted octanol–water partition coefficient (Wildman–Crippen LogP) is 3.68. The first kappa shape index (κ1) is 13.1. The maximum absolute atomic E-state index is 11.8. The van der Waals surface area contributed by atoms with Crippen molar-refractivity contribution in [1.29, 1.82) is 0 Å². The maximum atomic E-state index is 11.8. The first-order chi connectivity index (χ1) is 8.65. The first-order valence-electron chi connectivity index (χ1n) is 5.30. The van der Waals surface area contributed by atoms with E-state index >= 15 is 0 Å². The number of hydrogen-bond acceptors (Lipinski definition) is 2. The Bertz CT molecular complexity index is 557. The Morgan fingerprint density at radius 1 is 1.28 bits per heavy atom. The van der Waals surface area contributed by atoms with Crippen molar-refractivity contribution >= 4 is 39.1 Å². The number of rotatable bonds is 3. The van der Waals surface area contributed by atoms with E-state index in [4.69, 9.17) is 11.6 Å². The fraction of sp³-hybridized carbons (Fsp3) is 0.0769. The van der Waals surface area contributed by atoms with Gasteiger partial charge in [0.1, 0.15) is 0 Å². The highest BCUT2D eigenvalue weighted by Gasteiger charge is 2.06. The summed E-state index contributed by atoms with van der Waals surface area (Å²) in [5, 5.41) is 3.02. The number of hydrogen-bond donors (Lipinski definition) is 1. The minimum Gasteiger partial charge on any atom is -0.323 e. The van der Waals surface area contributed by atoms with Gasteiger partial charge in [-0.3, -0.25) is 4.79 Å². The lowest BCUT2D eigenvalue weighted by molar-refractivity contribution is -0.115. The first-order valence-corrected chi connectivity index (χ1v) is 6.47. The summed E-state index contributed by atoms with van der Waals surface area (Å²) in [7, 11) is 0. The molecule has 3 nitrogen and oxygen atoms in total. The van der Waals surface area contributed by atoms with Gasteiger partial charge in [-0.05, 0) is 29.8 Å². The second-order valence-corrected chi connectivity index (χ2v) is 4.97. The fourth-order valence-corrected chi connectivity index (χ4v) is 1.89. The van der Waals surface area contributed by atoms with E-state index in [0.29, 0.717) is 17.3 Å². The van der Waals surface area contributed by atoms with Gasteiger partial charge >= 0.3 is 0 Å². The van der Waals surface area contributed by atoms with Crippen molar-refractivity contribution in [3.8, 4) is 0 Å². The Balaban J connectivity index is 2.01. The van der Waals surface area contributed by atoms with E-state index in [1.54, 1.807) is 18.3 Å². The molecule has 0 saturated carbocycles. The van der Waals surface area contributed by atoms with Crippen molar-refractivity contribution in [3.05, 3.63) is 57.8 Å². The minimum atomic E-state index is -0.118.